The molecule has 0 aliphatic rings. The van der Waals surface area contributed by atoms with Gasteiger partial charge in [-0.15, -0.1) is 0 Å². The van der Waals surface area contributed by atoms with Gasteiger partial charge in [-0.05, 0) is 78.7 Å². The summed E-state index contributed by atoms with van der Waals surface area (Å²) in [5.41, 5.74) is 1.81. The Labute approximate surface area is 199 Å². The molecular weight excluding hydrogens is 436 g/mol. The van der Waals surface area contributed by atoms with Crippen molar-refractivity contribution in [3.8, 4) is 11.5 Å². The van der Waals surface area contributed by atoms with Gasteiger partial charge in [-0.25, -0.2) is 4.79 Å². The largest absolute Gasteiger partial charge is 0.494 e. The van der Waals surface area contributed by atoms with Crippen LogP contribution in [-0.2, 0) is 0 Å². The van der Waals surface area contributed by atoms with Gasteiger partial charge in [0.05, 0.1) is 12.2 Å². The molecule has 33 heavy (non-hydrogen) atoms. The van der Waals surface area contributed by atoms with E-state index in [0.717, 1.165) is 24.2 Å². The lowest BCUT2D eigenvalue weighted by molar-refractivity contribution is 0.0734. The molecule has 170 valence electrons. The molecule has 0 N–H and O–H groups in total. The molecule has 0 aromatic heterocycles. The van der Waals surface area contributed by atoms with E-state index in [1.165, 1.54) is 18.9 Å². The van der Waals surface area contributed by atoms with Crippen molar-refractivity contribution in [2.45, 2.75) is 32.6 Å². The van der Waals surface area contributed by atoms with Crippen LogP contribution < -0.4 is 9.47 Å². The molecule has 5 heteroatoms. The third-order valence-corrected chi connectivity index (χ3v) is 5.26. The monoisotopic (exact) mass is 462 g/mol. The van der Waals surface area contributed by atoms with Crippen LogP contribution in [-0.4, -0.2) is 18.4 Å². The quantitative estimate of drug-likeness (QED) is 0.0978. The van der Waals surface area contributed by atoms with Crippen molar-refractivity contribution in [1.82, 2.24) is 0 Å². The first-order valence-corrected chi connectivity index (χ1v) is 11.5. The molecule has 3 aromatic carbocycles. The Balaban J connectivity index is 1.51. The Morgan fingerprint density at radius 2 is 1.42 bits per heavy atom. The predicted octanol–water partition coefficient (Wildman–Crippen LogP) is 7.41. The smallest absolute Gasteiger partial charge is 0.343 e. The van der Waals surface area contributed by atoms with Gasteiger partial charge in [0, 0.05) is 10.6 Å². The Hall–Kier alpha value is -3.37. The van der Waals surface area contributed by atoms with E-state index in [-0.39, 0.29) is 5.78 Å². The minimum atomic E-state index is -0.466. The summed E-state index contributed by atoms with van der Waals surface area (Å²) in [6, 6.07) is 20.6. The summed E-state index contributed by atoms with van der Waals surface area (Å²) in [7, 11) is 0. The molecule has 0 saturated carbocycles. The molecule has 0 aliphatic heterocycles. The number of ether oxygens (including phenoxy) is 2. The Kier molecular flexibility index (Phi) is 9.28. The van der Waals surface area contributed by atoms with Gasteiger partial charge in [-0.2, -0.15) is 0 Å². The van der Waals surface area contributed by atoms with Crippen molar-refractivity contribution in [1.29, 1.82) is 0 Å². The second-order valence-electron chi connectivity index (χ2n) is 7.60. The minimum Gasteiger partial charge on any atom is -0.494 e. The van der Waals surface area contributed by atoms with Crippen molar-refractivity contribution in [2.24, 2.45) is 0 Å². The molecular formula is C28H27ClO4. The second kappa shape index (κ2) is 12.6. The highest BCUT2D eigenvalue weighted by Crippen LogP contribution is 2.18. The van der Waals surface area contributed by atoms with Crippen molar-refractivity contribution in [3.63, 3.8) is 0 Å². The normalized spacial score (nSPS) is 10.8. The molecule has 0 amide bonds. The number of benzene rings is 3. The minimum absolute atomic E-state index is 0.145. The number of halogens is 1. The van der Waals surface area contributed by atoms with Gasteiger partial charge in [-0.1, -0.05) is 56.0 Å². The van der Waals surface area contributed by atoms with E-state index in [2.05, 4.69) is 6.92 Å². The van der Waals surface area contributed by atoms with Crippen LogP contribution in [0.2, 0.25) is 5.02 Å². The lowest BCUT2D eigenvalue weighted by Gasteiger charge is -2.08. The number of hydrogen-bond acceptors (Lipinski definition) is 4. The van der Waals surface area contributed by atoms with Gasteiger partial charge in [0.2, 0.25) is 0 Å². The second-order valence-corrected chi connectivity index (χ2v) is 8.03. The van der Waals surface area contributed by atoms with Gasteiger partial charge < -0.3 is 9.47 Å². The van der Waals surface area contributed by atoms with Crippen LogP contribution in [0.3, 0.4) is 0 Å². The lowest BCUT2D eigenvalue weighted by Crippen LogP contribution is -2.08. The highest BCUT2D eigenvalue weighted by Gasteiger charge is 2.10. The summed E-state index contributed by atoms with van der Waals surface area (Å²) < 4.78 is 11.1. The highest BCUT2D eigenvalue weighted by atomic mass is 35.5. The lowest BCUT2D eigenvalue weighted by atomic mass is 10.1. The fourth-order valence-corrected chi connectivity index (χ4v) is 3.23. The zero-order valence-corrected chi connectivity index (χ0v) is 19.4. The number of ketones is 1. The summed E-state index contributed by atoms with van der Waals surface area (Å²) in [4.78, 5) is 24.8. The number of esters is 1. The topological polar surface area (TPSA) is 52.6 Å². The third-order valence-electron chi connectivity index (χ3n) is 5.00. The molecule has 0 aliphatic carbocycles. The zero-order valence-electron chi connectivity index (χ0n) is 18.6. The molecule has 0 atom stereocenters. The van der Waals surface area contributed by atoms with E-state index >= 15 is 0 Å². The van der Waals surface area contributed by atoms with Gasteiger partial charge >= 0.3 is 5.97 Å². The maximum absolute atomic E-state index is 12.4. The first kappa shape index (κ1) is 24.3. The Morgan fingerprint density at radius 1 is 0.788 bits per heavy atom. The van der Waals surface area contributed by atoms with Crippen LogP contribution >= 0.6 is 11.6 Å². The number of hydrogen-bond donors (Lipinski definition) is 0. The van der Waals surface area contributed by atoms with E-state index in [4.69, 9.17) is 21.1 Å². The fourth-order valence-electron chi connectivity index (χ4n) is 3.10. The fraction of sp³-hybridized carbons (Fsp3) is 0.214. The van der Waals surface area contributed by atoms with Crippen molar-refractivity contribution in [2.75, 3.05) is 6.61 Å². The summed E-state index contributed by atoms with van der Waals surface area (Å²) in [6.45, 7) is 2.85. The SMILES string of the molecule is CCCCCCOc1ccc(C(=O)Oc2ccc(C(=O)/C=C/c3ccc(Cl)cc3)cc2)cc1. The third kappa shape index (κ3) is 7.92. The average molecular weight is 463 g/mol. The highest BCUT2D eigenvalue weighted by molar-refractivity contribution is 6.30. The molecule has 0 unspecified atom stereocenters. The van der Waals surface area contributed by atoms with Gasteiger partial charge in [0.1, 0.15) is 11.5 Å². The van der Waals surface area contributed by atoms with Crippen LogP contribution in [0.5, 0.6) is 11.5 Å². The van der Waals surface area contributed by atoms with Crippen molar-refractivity contribution < 1.29 is 19.1 Å². The summed E-state index contributed by atoms with van der Waals surface area (Å²) >= 11 is 5.87. The van der Waals surface area contributed by atoms with Crippen molar-refractivity contribution >= 4 is 29.4 Å². The summed E-state index contributed by atoms with van der Waals surface area (Å²) in [5, 5.41) is 0.644. The van der Waals surface area contributed by atoms with Gasteiger partial charge in [0.15, 0.2) is 5.78 Å². The standard InChI is InChI=1S/C28H27ClO4/c1-2-3-4-5-20-32-25-15-11-23(12-16-25)28(31)33-26-17-9-22(10-18-26)27(30)19-8-21-6-13-24(29)14-7-21/h6-19H,2-5,20H2,1H3/b19-8+. The van der Waals surface area contributed by atoms with Crippen molar-refractivity contribution in [3.05, 3.63) is 101 Å². The van der Waals surface area contributed by atoms with Crippen LogP contribution in [0.1, 0.15) is 58.9 Å². The first-order chi connectivity index (χ1) is 16.0. The number of unbranched alkanes of at least 4 members (excludes halogenated alkanes) is 3. The van der Waals surface area contributed by atoms with E-state index in [1.807, 2.05) is 12.1 Å². The summed E-state index contributed by atoms with van der Waals surface area (Å²) in [6.07, 6.45) is 7.81. The van der Waals surface area contributed by atoms with E-state index in [1.54, 1.807) is 66.7 Å². The maximum atomic E-state index is 12.4. The van der Waals surface area contributed by atoms with Crippen LogP contribution in [0.4, 0.5) is 0 Å². The van der Waals surface area contributed by atoms with Crippen LogP contribution in [0.25, 0.3) is 6.08 Å². The molecule has 0 fully saturated rings. The molecule has 0 bridgehead atoms. The van der Waals surface area contributed by atoms with Crippen LogP contribution in [0, 0.1) is 0 Å². The molecule has 4 nitrogen and oxygen atoms in total. The first-order valence-electron chi connectivity index (χ1n) is 11.1. The van der Waals surface area contributed by atoms with Crippen LogP contribution in [0.15, 0.2) is 78.9 Å². The number of carbonyl (C=O) groups is 2. The molecule has 0 radical (unpaired) electrons. The molecule has 0 spiro atoms. The van der Waals surface area contributed by atoms with E-state index < -0.39 is 5.97 Å². The van der Waals surface area contributed by atoms with Gasteiger partial charge in [0.25, 0.3) is 0 Å². The van der Waals surface area contributed by atoms with E-state index in [0.29, 0.717) is 28.5 Å². The molecule has 3 aromatic rings. The number of carbonyl (C=O) groups excluding carboxylic acids is 2. The van der Waals surface area contributed by atoms with E-state index in [9.17, 15) is 9.59 Å². The molecule has 0 saturated heterocycles. The average Bonchev–Trinajstić information content (AvgIpc) is 2.84. The Morgan fingerprint density at radius 3 is 2.09 bits per heavy atom. The summed E-state index contributed by atoms with van der Waals surface area (Å²) in [5.74, 6) is 0.492. The maximum Gasteiger partial charge on any atom is 0.343 e. The molecule has 0 heterocycles. The number of allylic oxidation sites excluding steroid dienone is 1. The molecule has 3 rings (SSSR count). The Bertz CT molecular complexity index is 1070. The van der Waals surface area contributed by atoms with Gasteiger partial charge in [-0.3, -0.25) is 4.79 Å². The predicted molar refractivity (Wildman–Crippen MR) is 132 cm³/mol. The number of rotatable bonds is 11. The zero-order chi connectivity index (χ0) is 23.5.